The smallest absolute Gasteiger partial charge is 0.223 e. The number of amides is 1. The number of piperidine rings is 1. The third-order valence-corrected chi connectivity index (χ3v) is 8.21. The Hall–Kier alpha value is -2.79. The summed E-state index contributed by atoms with van der Waals surface area (Å²) in [6.45, 7) is 2.21. The molecular weight excluding hydrogens is 430 g/mol. The van der Waals surface area contributed by atoms with Crippen molar-refractivity contribution in [2.45, 2.75) is 63.7 Å². The van der Waals surface area contributed by atoms with Gasteiger partial charge in [0.15, 0.2) is 0 Å². The van der Waals surface area contributed by atoms with Crippen molar-refractivity contribution >= 4 is 16.7 Å². The van der Waals surface area contributed by atoms with E-state index in [4.69, 9.17) is 0 Å². The van der Waals surface area contributed by atoms with Gasteiger partial charge in [-0.05, 0) is 95.8 Å². The van der Waals surface area contributed by atoms with Crippen molar-refractivity contribution in [3.05, 3.63) is 82.9 Å². The molecule has 1 amide bonds. The van der Waals surface area contributed by atoms with Crippen LogP contribution in [0.5, 0.6) is 0 Å². The summed E-state index contributed by atoms with van der Waals surface area (Å²) in [7, 11) is 0. The van der Waals surface area contributed by atoms with E-state index in [1.165, 1.54) is 30.5 Å². The lowest BCUT2D eigenvalue weighted by Gasteiger charge is -2.39. The second-order valence-electron chi connectivity index (χ2n) is 10.4. The Bertz CT molecular complexity index is 1230. The second kappa shape index (κ2) is 8.77. The molecule has 3 nitrogen and oxygen atoms in total. The number of halogens is 2. The highest BCUT2D eigenvalue weighted by Gasteiger charge is 2.41. The zero-order valence-electron chi connectivity index (χ0n) is 19.4. The van der Waals surface area contributed by atoms with Gasteiger partial charge in [-0.15, -0.1) is 0 Å². The van der Waals surface area contributed by atoms with E-state index < -0.39 is 0 Å². The van der Waals surface area contributed by atoms with Crippen LogP contribution in [0.4, 0.5) is 8.78 Å². The van der Waals surface area contributed by atoms with Crippen LogP contribution in [-0.2, 0) is 24.3 Å². The highest BCUT2D eigenvalue weighted by atomic mass is 19.1. The summed E-state index contributed by atoms with van der Waals surface area (Å²) >= 11 is 0. The largest absolute Gasteiger partial charge is 0.338 e. The minimum atomic E-state index is -0.197. The Kier molecular flexibility index (Phi) is 5.60. The topological polar surface area (TPSA) is 23.6 Å². The van der Waals surface area contributed by atoms with Crippen LogP contribution in [0, 0.1) is 17.6 Å². The van der Waals surface area contributed by atoms with Crippen molar-refractivity contribution in [1.82, 2.24) is 9.80 Å². The van der Waals surface area contributed by atoms with Crippen LogP contribution in [0.1, 0.15) is 48.8 Å². The maximum absolute atomic E-state index is 13.5. The van der Waals surface area contributed by atoms with Crippen molar-refractivity contribution in [3.8, 4) is 0 Å². The minimum Gasteiger partial charge on any atom is -0.338 e. The fourth-order valence-electron chi connectivity index (χ4n) is 6.50. The Morgan fingerprint density at radius 2 is 1.56 bits per heavy atom. The Labute approximate surface area is 199 Å². The van der Waals surface area contributed by atoms with Gasteiger partial charge in [0.2, 0.25) is 5.91 Å². The normalized spacial score (nSPS) is 24.4. The third-order valence-electron chi connectivity index (χ3n) is 8.21. The molecule has 3 aromatic rings. The number of carbonyl (C=O) groups is 1. The molecule has 176 valence electrons. The first kappa shape index (κ1) is 21.7. The molecule has 3 aliphatic heterocycles. The van der Waals surface area contributed by atoms with E-state index in [0.29, 0.717) is 37.5 Å². The van der Waals surface area contributed by atoms with Crippen LogP contribution in [0.3, 0.4) is 0 Å². The summed E-state index contributed by atoms with van der Waals surface area (Å²) in [4.78, 5) is 17.7. The molecule has 3 aliphatic rings. The summed E-state index contributed by atoms with van der Waals surface area (Å²) in [6.07, 6.45) is 5.93. The van der Waals surface area contributed by atoms with Gasteiger partial charge in [0.05, 0.1) is 0 Å². The molecule has 2 atom stereocenters. The van der Waals surface area contributed by atoms with Gasteiger partial charge in [-0.2, -0.15) is 0 Å². The lowest BCUT2D eigenvalue weighted by molar-refractivity contribution is -0.133. The molecule has 2 fully saturated rings. The molecular formula is C29H30F2N2O. The number of benzene rings is 3. The fourth-order valence-corrected chi connectivity index (χ4v) is 6.50. The van der Waals surface area contributed by atoms with Crippen molar-refractivity contribution < 1.29 is 13.6 Å². The molecule has 6 rings (SSSR count). The molecule has 2 saturated heterocycles. The summed E-state index contributed by atoms with van der Waals surface area (Å²) < 4.78 is 27.0. The van der Waals surface area contributed by atoms with E-state index in [0.717, 1.165) is 47.7 Å². The van der Waals surface area contributed by atoms with Crippen LogP contribution in [-0.4, -0.2) is 34.3 Å². The van der Waals surface area contributed by atoms with Gasteiger partial charge in [0.25, 0.3) is 0 Å². The molecule has 0 spiro atoms. The van der Waals surface area contributed by atoms with Gasteiger partial charge in [0, 0.05) is 38.1 Å². The Balaban J connectivity index is 1.08. The summed E-state index contributed by atoms with van der Waals surface area (Å²) in [5, 5.41) is 2.02. The first-order valence-electron chi connectivity index (χ1n) is 12.5. The Morgan fingerprint density at radius 3 is 2.38 bits per heavy atom. The number of fused-ring (bicyclic) bond motifs is 4. The van der Waals surface area contributed by atoms with Crippen LogP contribution in [0.15, 0.2) is 54.6 Å². The predicted octanol–water partition coefficient (Wildman–Crippen LogP) is 5.84. The van der Waals surface area contributed by atoms with E-state index in [1.807, 2.05) is 23.1 Å². The van der Waals surface area contributed by atoms with Crippen LogP contribution < -0.4 is 0 Å². The van der Waals surface area contributed by atoms with Crippen LogP contribution in [0.2, 0.25) is 0 Å². The van der Waals surface area contributed by atoms with Gasteiger partial charge in [-0.25, -0.2) is 8.78 Å². The molecule has 3 heterocycles. The number of nitrogens with zero attached hydrogens (tertiary/aromatic N) is 2. The minimum absolute atomic E-state index is 0.196. The first-order chi connectivity index (χ1) is 16.5. The fraction of sp³-hybridized carbons (Fsp3) is 0.414. The maximum Gasteiger partial charge on any atom is 0.223 e. The van der Waals surface area contributed by atoms with Crippen molar-refractivity contribution in [2.24, 2.45) is 5.92 Å². The summed E-state index contributed by atoms with van der Waals surface area (Å²) in [5.74, 6) is 0.293. The van der Waals surface area contributed by atoms with E-state index >= 15 is 0 Å². The molecule has 3 aromatic carbocycles. The molecule has 2 bridgehead atoms. The SMILES string of the molecule is O=C(CC1C[C@H]2CC[C@H](C1)N2Cc1ccc2cc(F)ccc2c1)N1CCc2cc(F)ccc2C1. The molecule has 0 saturated carbocycles. The predicted molar refractivity (Wildman–Crippen MR) is 129 cm³/mol. The van der Waals surface area contributed by atoms with Crippen LogP contribution in [0.25, 0.3) is 10.8 Å². The second-order valence-corrected chi connectivity index (χ2v) is 10.4. The quantitative estimate of drug-likeness (QED) is 0.489. The molecule has 5 heteroatoms. The average Bonchev–Trinajstić information content (AvgIpc) is 3.06. The van der Waals surface area contributed by atoms with Gasteiger partial charge in [-0.1, -0.05) is 24.3 Å². The summed E-state index contributed by atoms with van der Waals surface area (Å²) in [6, 6.07) is 17.3. The van der Waals surface area contributed by atoms with Gasteiger partial charge < -0.3 is 4.90 Å². The van der Waals surface area contributed by atoms with Gasteiger partial charge in [-0.3, -0.25) is 9.69 Å². The zero-order chi connectivity index (χ0) is 23.2. The maximum atomic E-state index is 13.5. The molecule has 0 aromatic heterocycles. The highest BCUT2D eigenvalue weighted by molar-refractivity contribution is 5.83. The monoisotopic (exact) mass is 460 g/mol. The molecule has 0 aliphatic carbocycles. The third kappa shape index (κ3) is 4.22. The number of rotatable bonds is 4. The molecule has 0 radical (unpaired) electrons. The lowest BCUT2D eigenvalue weighted by atomic mass is 9.87. The summed E-state index contributed by atoms with van der Waals surface area (Å²) in [5.41, 5.74) is 3.39. The molecule has 0 N–H and O–H groups in total. The van der Waals surface area contributed by atoms with E-state index in [9.17, 15) is 13.6 Å². The van der Waals surface area contributed by atoms with Crippen molar-refractivity contribution in [2.75, 3.05) is 6.54 Å². The van der Waals surface area contributed by atoms with Crippen molar-refractivity contribution in [3.63, 3.8) is 0 Å². The van der Waals surface area contributed by atoms with Gasteiger partial charge in [0.1, 0.15) is 11.6 Å². The van der Waals surface area contributed by atoms with E-state index in [1.54, 1.807) is 12.1 Å². The Morgan fingerprint density at radius 1 is 0.853 bits per heavy atom. The first-order valence-corrected chi connectivity index (χ1v) is 12.5. The molecule has 34 heavy (non-hydrogen) atoms. The number of hydrogen-bond donors (Lipinski definition) is 0. The number of carbonyl (C=O) groups excluding carboxylic acids is 1. The standard InChI is InChI=1S/C29H30F2N2O/c30-25-5-3-21-11-19(1-2-22(21)15-25)17-33-27-7-8-28(33)13-20(12-27)14-29(34)32-10-9-23-16-26(31)6-4-24(23)18-32/h1-6,11,15-16,20,27-28H,7-10,12-14,17-18H2/t27-,28-/m1/s1. The van der Waals surface area contributed by atoms with E-state index in [2.05, 4.69) is 17.0 Å². The van der Waals surface area contributed by atoms with Crippen LogP contribution >= 0.6 is 0 Å². The molecule has 0 unspecified atom stereocenters. The highest BCUT2D eigenvalue weighted by Crippen LogP contribution is 2.41. The van der Waals surface area contributed by atoms with E-state index in [-0.39, 0.29) is 17.5 Å². The zero-order valence-corrected chi connectivity index (χ0v) is 19.4. The van der Waals surface area contributed by atoms with Gasteiger partial charge >= 0.3 is 0 Å². The lowest BCUT2D eigenvalue weighted by Crippen LogP contribution is -2.44. The van der Waals surface area contributed by atoms with Crippen molar-refractivity contribution in [1.29, 1.82) is 0 Å². The average molecular weight is 461 g/mol. The number of hydrogen-bond acceptors (Lipinski definition) is 2.